The van der Waals surface area contributed by atoms with Crippen molar-refractivity contribution in [1.82, 2.24) is 4.90 Å². The van der Waals surface area contributed by atoms with Crippen LogP contribution in [0.3, 0.4) is 0 Å². The summed E-state index contributed by atoms with van der Waals surface area (Å²) in [6, 6.07) is 7.09. The molecule has 0 aromatic heterocycles. The molecule has 3 rings (SSSR count). The Morgan fingerprint density at radius 2 is 1.90 bits per heavy atom. The van der Waals surface area contributed by atoms with E-state index < -0.39 is 12.0 Å². The molecule has 1 heterocycles. The number of nitrogens with zero attached hydrogens (tertiary/aromatic N) is 1. The van der Waals surface area contributed by atoms with Crippen LogP contribution >= 0.6 is 0 Å². The van der Waals surface area contributed by atoms with Crippen LogP contribution in [-0.2, 0) is 22.6 Å². The number of carbonyl (C=O) groups excluding carboxylic acids is 1. The van der Waals surface area contributed by atoms with Gasteiger partial charge in [-0.2, -0.15) is 0 Å². The zero-order valence-corrected chi connectivity index (χ0v) is 11.4. The molecule has 1 amide bonds. The van der Waals surface area contributed by atoms with Gasteiger partial charge in [-0.25, -0.2) is 4.79 Å². The fourth-order valence-corrected chi connectivity index (χ4v) is 3.07. The molecule has 0 radical (unpaired) electrons. The largest absolute Gasteiger partial charge is 0.480 e. The van der Waals surface area contributed by atoms with E-state index in [0.717, 1.165) is 24.0 Å². The average molecular weight is 273 g/mol. The van der Waals surface area contributed by atoms with Gasteiger partial charge in [0.15, 0.2) is 0 Å². The second-order valence-electron chi connectivity index (χ2n) is 5.85. The number of hydrogen-bond donors (Lipinski definition) is 1. The fourth-order valence-electron chi connectivity index (χ4n) is 3.07. The molecule has 1 aliphatic heterocycles. The summed E-state index contributed by atoms with van der Waals surface area (Å²) in [5, 5.41) is 9.39. The standard InChI is InChI=1S/C16H19NO3/c18-15(8-11-4-3-5-11)17-10-13-7-2-1-6-12(13)9-14(17)16(19)20/h1-2,6-7,11,14H,3-5,8-10H2,(H,19,20)/t14-/m1/s1. The van der Waals surface area contributed by atoms with Gasteiger partial charge in [0.2, 0.25) is 5.91 Å². The van der Waals surface area contributed by atoms with Crippen LogP contribution in [-0.4, -0.2) is 27.9 Å². The van der Waals surface area contributed by atoms with Crippen molar-refractivity contribution >= 4 is 11.9 Å². The molecular weight excluding hydrogens is 254 g/mol. The molecule has 0 unspecified atom stereocenters. The van der Waals surface area contributed by atoms with E-state index in [4.69, 9.17) is 0 Å². The van der Waals surface area contributed by atoms with Gasteiger partial charge in [0, 0.05) is 19.4 Å². The number of benzene rings is 1. The fraction of sp³-hybridized carbons (Fsp3) is 0.500. The van der Waals surface area contributed by atoms with Gasteiger partial charge in [0.25, 0.3) is 0 Å². The molecule has 1 fully saturated rings. The third-order valence-electron chi connectivity index (χ3n) is 4.54. The van der Waals surface area contributed by atoms with E-state index in [1.54, 1.807) is 4.90 Å². The van der Waals surface area contributed by atoms with Crippen LogP contribution in [0.2, 0.25) is 0 Å². The van der Waals surface area contributed by atoms with Gasteiger partial charge in [-0.15, -0.1) is 0 Å². The smallest absolute Gasteiger partial charge is 0.326 e. The van der Waals surface area contributed by atoms with Crippen molar-refractivity contribution < 1.29 is 14.7 Å². The quantitative estimate of drug-likeness (QED) is 0.918. The number of carboxylic acid groups (broad SMARTS) is 1. The van der Waals surface area contributed by atoms with Gasteiger partial charge >= 0.3 is 5.97 Å². The van der Waals surface area contributed by atoms with E-state index in [-0.39, 0.29) is 5.91 Å². The molecule has 4 nitrogen and oxygen atoms in total. The second-order valence-corrected chi connectivity index (χ2v) is 5.85. The van der Waals surface area contributed by atoms with Crippen molar-refractivity contribution in [3.05, 3.63) is 35.4 Å². The lowest BCUT2D eigenvalue weighted by Gasteiger charge is -2.36. The number of rotatable bonds is 3. The Bertz CT molecular complexity index is 536. The van der Waals surface area contributed by atoms with Gasteiger partial charge in [0.1, 0.15) is 6.04 Å². The molecule has 106 valence electrons. The Labute approximate surface area is 118 Å². The Balaban J connectivity index is 1.80. The maximum atomic E-state index is 12.4. The topological polar surface area (TPSA) is 57.6 Å². The Hall–Kier alpha value is -1.84. The number of aliphatic carboxylic acids is 1. The molecule has 2 aliphatic rings. The first-order valence-corrected chi connectivity index (χ1v) is 7.24. The van der Waals surface area contributed by atoms with Crippen molar-refractivity contribution in [1.29, 1.82) is 0 Å². The highest BCUT2D eigenvalue weighted by Crippen LogP contribution is 2.31. The third-order valence-corrected chi connectivity index (χ3v) is 4.54. The first kappa shape index (κ1) is 13.2. The molecule has 4 heteroatoms. The first-order chi connectivity index (χ1) is 9.65. The molecule has 1 aliphatic carbocycles. The molecule has 1 N–H and O–H groups in total. The van der Waals surface area contributed by atoms with Crippen LogP contribution < -0.4 is 0 Å². The van der Waals surface area contributed by atoms with Gasteiger partial charge in [-0.05, 0) is 29.9 Å². The van der Waals surface area contributed by atoms with Crippen LogP contribution in [0.15, 0.2) is 24.3 Å². The number of hydrogen-bond acceptors (Lipinski definition) is 2. The van der Waals surface area contributed by atoms with Crippen molar-refractivity contribution in [3.63, 3.8) is 0 Å². The Kier molecular flexibility index (Phi) is 3.47. The Morgan fingerprint density at radius 3 is 2.50 bits per heavy atom. The van der Waals surface area contributed by atoms with Gasteiger partial charge < -0.3 is 10.0 Å². The summed E-state index contributed by atoms with van der Waals surface area (Å²) in [4.78, 5) is 25.4. The lowest BCUT2D eigenvalue weighted by Crippen LogP contribution is -2.49. The normalized spacial score (nSPS) is 22.0. The number of carboxylic acids is 1. The number of carbonyl (C=O) groups is 2. The molecule has 1 aromatic carbocycles. The minimum Gasteiger partial charge on any atom is -0.480 e. The number of amides is 1. The van der Waals surface area contributed by atoms with E-state index in [2.05, 4.69) is 0 Å². The summed E-state index contributed by atoms with van der Waals surface area (Å²) >= 11 is 0. The monoisotopic (exact) mass is 273 g/mol. The van der Waals surface area contributed by atoms with Crippen LogP contribution in [0.5, 0.6) is 0 Å². The maximum absolute atomic E-state index is 12.4. The van der Waals surface area contributed by atoms with Crippen LogP contribution in [0.4, 0.5) is 0 Å². The van der Waals surface area contributed by atoms with E-state index >= 15 is 0 Å². The summed E-state index contributed by atoms with van der Waals surface area (Å²) < 4.78 is 0. The lowest BCUT2D eigenvalue weighted by atomic mass is 9.82. The Morgan fingerprint density at radius 1 is 1.20 bits per heavy atom. The van der Waals surface area contributed by atoms with Gasteiger partial charge in [0.05, 0.1) is 0 Å². The van der Waals surface area contributed by atoms with Gasteiger partial charge in [-0.3, -0.25) is 4.79 Å². The van der Waals surface area contributed by atoms with Crippen molar-refractivity contribution in [2.75, 3.05) is 0 Å². The molecule has 1 aromatic rings. The lowest BCUT2D eigenvalue weighted by molar-refractivity contribution is -0.152. The summed E-state index contributed by atoms with van der Waals surface area (Å²) in [5.74, 6) is -0.438. The van der Waals surface area contributed by atoms with Crippen molar-refractivity contribution in [2.45, 2.75) is 44.7 Å². The summed E-state index contributed by atoms with van der Waals surface area (Å²) in [6.07, 6.45) is 4.33. The molecule has 1 saturated carbocycles. The highest BCUT2D eigenvalue weighted by Gasteiger charge is 2.35. The molecule has 20 heavy (non-hydrogen) atoms. The third kappa shape index (κ3) is 2.42. The minimum absolute atomic E-state index is 0.00315. The zero-order valence-electron chi connectivity index (χ0n) is 11.4. The molecular formula is C16H19NO3. The maximum Gasteiger partial charge on any atom is 0.326 e. The average Bonchev–Trinajstić information content (AvgIpc) is 2.41. The van der Waals surface area contributed by atoms with Crippen LogP contribution in [0.25, 0.3) is 0 Å². The molecule has 1 atom stereocenters. The minimum atomic E-state index is -0.901. The van der Waals surface area contributed by atoms with Gasteiger partial charge in [-0.1, -0.05) is 30.7 Å². The van der Waals surface area contributed by atoms with Crippen molar-refractivity contribution in [2.24, 2.45) is 5.92 Å². The predicted octanol–water partition coefficient (Wildman–Crippen LogP) is 2.21. The summed E-state index contributed by atoms with van der Waals surface area (Å²) in [6.45, 7) is 0.429. The van der Waals surface area contributed by atoms with E-state index in [9.17, 15) is 14.7 Å². The predicted molar refractivity (Wildman–Crippen MR) is 74.1 cm³/mol. The summed E-state index contributed by atoms with van der Waals surface area (Å²) in [5.41, 5.74) is 2.12. The van der Waals surface area contributed by atoms with Crippen LogP contribution in [0.1, 0.15) is 36.8 Å². The number of fused-ring (bicyclic) bond motifs is 1. The summed E-state index contributed by atoms with van der Waals surface area (Å²) in [7, 11) is 0. The van der Waals surface area contributed by atoms with E-state index in [1.165, 1.54) is 6.42 Å². The SMILES string of the molecule is O=C(O)[C@H]1Cc2ccccc2CN1C(=O)CC1CCC1. The highest BCUT2D eigenvalue weighted by atomic mass is 16.4. The first-order valence-electron chi connectivity index (χ1n) is 7.24. The molecule has 0 bridgehead atoms. The van der Waals surface area contributed by atoms with Crippen molar-refractivity contribution in [3.8, 4) is 0 Å². The van der Waals surface area contributed by atoms with E-state index in [0.29, 0.717) is 25.3 Å². The zero-order chi connectivity index (χ0) is 14.1. The van der Waals surface area contributed by atoms with E-state index in [1.807, 2.05) is 24.3 Å². The van der Waals surface area contributed by atoms with Crippen LogP contribution in [0, 0.1) is 5.92 Å². The second kappa shape index (κ2) is 5.27. The molecule has 0 spiro atoms. The molecule has 0 saturated heterocycles. The highest BCUT2D eigenvalue weighted by molar-refractivity contribution is 5.84.